The topological polar surface area (TPSA) is 62.3 Å². The molecule has 0 radical (unpaired) electrons. The Bertz CT molecular complexity index is 323. The molecule has 2 N–H and O–H groups in total. The van der Waals surface area contributed by atoms with Crippen molar-refractivity contribution in [3.8, 4) is 5.75 Å². The summed E-state index contributed by atoms with van der Waals surface area (Å²) in [5, 5.41) is 4.27. The zero-order valence-corrected chi connectivity index (χ0v) is 9.78. The first-order chi connectivity index (χ1) is 7.10. The number of ether oxygens (including phenoxy) is 2. The van der Waals surface area contributed by atoms with Crippen LogP contribution in [0.15, 0.2) is 0 Å². The van der Waals surface area contributed by atoms with Gasteiger partial charge in [-0.05, 0) is 13.8 Å². The van der Waals surface area contributed by atoms with Crippen molar-refractivity contribution in [2.24, 2.45) is 12.8 Å². The van der Waals surface area contributed by atoms with Gasteiger partial charge < -0.3 is 15.2 Å². The van der Waals surface area contributed by atoms with Gasteiger partial charge in [0.1, 0.15) is 11.8 Å². The van der Waals surface area contributed by atoms with Crippen LogP contribution in [0.5, 0.6) is 5.75 Å². The Morgan fingerprint density at radius 3 is 2.53 bits per heavy atom. The molecular formula is C10H19N3O2. The molecule has 0 saturated carbocycles. The minimum atomic E-state index is -0.114. The van der Waals surface area contributed by atoms with Crippen LogP contribution in [0.25, 0.3) is 0 Å². The number of hydrogen-bond donors (Lipinski definition) is 1. The molecule has 5 nitrogen and oxygen atoms in total. The van der Waals surface area contributed by atoms with E-state index in [-0.39, 0.29) is 6.10 Å². The Morgan fingerprint density at radius 2 is 2.13 bits per heavy atom. The Balaban J connectivity index is 2.78. The number of nitrogens with zero attached hydrogens (tertiary/aromatic N) is 2. The first-order valence-electron chi connectivity index (χ1n) is 4.96. The molecule has 0 bridgehead atoms. The summed E-state index contributed by atoms with van der Waals surface area (Å²) in [5.74, 6) is 0.810. The fraction of sp³-hybridized carbons (Fsp3) is 0.700. The second-order valence-corrected chi connectivity index (χ2v) is 3.55. The summed E-state index contributed by atoms with van der Waals surface area (Å²) >= 11 is 0. The predicted molar refractivity (Wildman–Crippen MR) is 58.0 cm³/mol. The van der Waals surface area contributed by atoms with Gasteiger partial charge in [-0.2, -0.15) is 5.10 Å². The van der Waals surface area contributed by atoms with Crippen LogP contribution >= 0.6 is 0 Å². The molecule has 0 spiro atoms. The van der Waals surface area contributed by atoms with E-state index in [1.165, 1.54) is 0 Å². The molecule has 0 aliphatic heterocycles. The number of rotatable bonds is 5. The lowest BCUT2D eigenvalue weighted by Crippen LogP contribution is -2.31. The number of methoxy groups -OCH3 is 1. The maximum Gasteiger partial charge on any atom is 0.163 e. The van der Waals surface area contributed by atoms with Crippen molar-refractivity contribution in [1.29, 1.82) is 0 Å². The summed E-state index contributed by atoms with van der Waals surface area (Å²) in [6.07, 6.45) is -0.114. The van der Waals surface area contributed by atoms with E-state index in [0.717, 1.165) is 17.1 Å². The van der Waals surface area contributed by atoms with Crippen molar-refractivity contribution in [2.75, 3.05) is 20.3 Å². The zero-order chi connectivity index (χ0) is 11.4. The summed E-state index contributed by atoms with van der Waals surface area (Å²) in [7, 11) is 3.53. The highest BCUT2D eigenvalue weighted by Gasteiger charge is 2.15. The van der Waals surface area contributed by atoms with Gasteiger partial charge in [-0.1, -0.05) is 0 Å². The molecule has 0 aromatic carbocycles. The molecule has 1 aromatic heterocycles. The highest BCUT2D eigenvalue weighted by atomic mass is 16.5. The molecule has 0 aliphatic carbocycles. The third kappa shape index (κ3) is 2.70. The monoisotopic (exact) mass is 213 g/mol. The molecule has 1 atom stereocenters. The van der Waals surface area contributed by atoms with Crippen LogP contribution in [0, 0.1) is 13.8 Å². The fourth-order valence-electron chi connectivity index (χ4n) is 1.43. The SMILES string of the molecule is COCC(CN)Oc1c(C)nn(C)c1C. The van der Waals surface area contributed by atoms with Crippen LogP contribution in [-0.2, 0) is 11.8 Å². The van der Waals surface area contributed by atoms with Crippen molar-refractivity contribution in [3.63, 3.8) is 0 Å². The third-order valence-corrected chi connectivity index (χ3v) is 2.34. The number of aromatic nitrogens is 2. The Hall–Kier alpha value is -1.07. The molecule has 1 unspecified atom stereocenters. The first-order valence-corrected chi connectivity index (χ1v) is 4.96. The van der Waals surface area contributed by atoms with Crippen LogP contribution in [0.1, 0.15) is 11.4 Å². The summed E-state index contributed by atoms with van der Waals surface area (Å²) in [4.78, 5) is 0. The summed E-state index contributed by atoms with van der Waals surface area (Å²) in [6, 6.07) is 0. The minimum absolute atomic E-state index is 0.114. The largest absolute Gasteiger partial charge is 0.483 e. The van der Waals surface area contributed by atoms with E-state index < -0.39 is 0 Å². The van der Waals surface area contributed by atoms with Gasteiger partial charge in [0, 0.05) is 20.7 Å². The van der Waals surface area contributed by atoms with Crippen molar-refractivity contribution in [3.05, 3.63) is 11.4 Å². The Labute approximate surface area is 90.2 Å². The van der Waals surface area contributed by atoms with E-state index >= 15 is 0 Å². The molecule has 0 saturated heterocycles. The lowest BCUT2D eigenvalue weighted by Gasteiger charge is -2.16. The number of hydrogen-bond acceptors (Lipinski definition) is 4. The average molecular weight is 213 g/mol. The van der Waals surface area contributed by atoms with Gasteiger partial charge in [-0.25, -0.2) is 0 Å². The molecular weight excluding hydrogens is 194 g/mol. The summed E-state index contributed by atoms with van der Waals surface area (Å²) in [5.41, 5.74) is 7.46. The Morgan fingerprint density at radius 1 is 1.47 bits per heavy atom. The number of nitrogens with two attached hydrogens (primary N) is 1. The quantitative estimate of drug-likeness (QED) is 0.768. The van der Waals surface area contributed by atoms with Gasteiger partial charge in [0.05, 0.1) is 12.3 Å². The van der Waals surface area contributed by atoms with Crippen molar-refractivity contribution in [1.82, 2.24) is 9.78 Å². The van der Waals surface area contributed by atoms with E-state index in [9.17, 15) is 0 Å². The molecule has 1 aromatic rings. The molecule has 15 heavy (non-hydrogen) atoms. The van der Waals surface area contributed by atoms with Gasteiger partial charge in [-0.15, -0.1) is 0 Å². The van der Waals surface area contributed by atoms with Gasteiger partial charge in [0.25, 0.3) is 0 Å². The van der Waals surface area contributed by atoms with E-state index in [2.05, 4.69) is 5.10 Å². The molecule has 0 aliphatic rings. The Kier molecular flexibility index (Phi) is 4.11. The smallest absolute Gasteiger partial charge is 0.163 e. The zero-order valence-electron chi connectivity index (χ0n) is 9.78. The second-order valence-electron chi connectivity index (χ2n) is 3.55. The fourth-order valence-corrected chi connectivity index (χ4v) is 1.43. The lowest BCUT2D eigenvalue weighted by molar-refractivity contribution is 0.0850. The van der Waals surface area contributed by atoms with Crippen molar-refractivity contribution < 1.29 is 9.47 Å². The first kappa shape index (κ1) is 12.0. The normalized spacial score (nSPS) is 12.9. The number of aryl methyl sites for hydroxylation is 2. The van der Waals surface area contributed by atoms with Crippen LogP contribution in [0.2, 0.25) is 0 Å². The molecule has 1 rings (SSSR count). The van der Waals surface area contributed by atoms with Crippen LogP contribution in [0.4, 0.5) is 0 Å². The van der Waals surface area contributed by atoms with E-state index in [1.807, 2.05) is 20.9 Å². The molecule has 5 heteroatoms. The van der Waals surface area contributed by atoms with E-state index in [4.69, 9.17) is 15.2 Å². The van der Waals surface area contributed by atoms with Gasteiger partial charge in [0.15, 0.2) is 5.75 Å². The maximum absolute atomic E-state index is 5.75. The maximum atomic E-state index is 5.75. The molecule has 0 amide bonds. The van der Waals surface area contributed by atoms with Crippen molar-refractivity contribution >= 4 is 0 Å². The lowest BCUT2D eigenvalue weighted by atomic mass is 10.3. The van der Waals surface area contributed by atoms with Crippen LogP contribution in [0.3, 0.4) is 0 Å². The molecule has 0 fully saturated rings. The van der Waals surface area contributed by atoms with Gasteiger partial charge >= 0.3 is 0 Å². The highest BCUT2D eigenvalue weighted by molar-refractivity contribution is 5.31. The van der Waals surface area contributed by atoms with Crippen LogP contribution in [-0.4, -0.2) is 36.1 Å². The molecule has 86 valence electrons. The average Bonchev–Trinajstić information content (AvgIpc) is 2.44. The predicted octanol–water partition coefficient (Wildman–Crippen LogP) is 0.389. The third-order valence-electron chi connectivity index (χ3n) is 2.34. The van der Waals surface area contributed by atoms with E-state index in [1.54, 1.807) is 11.8 Å². The van der Waals surface area contributed by atoms with Crippen molar-refractivity contribution in [2.45, 2.75) is 20.0 Å². The molecule has 1 heterocycles. The van der Waals surface area contributed by atoms with Gasteiger partial charge in [-0.3, -0.25) is 4.68 Å². The van der Waals surface area contributed by atoms with Crippen LogP contribution < -0.4 is 10.5 Å². The minimum Gasteiger partial charge on any atom is -0.483 e. The highest BCUT2D eigenvalue weighted by Crippen LogP contribution is 2.22. The standard InChI is InChI=1S/C10H19N3O2/c1-7-10(8(2)13(3)12-7)15-9(5-11)6-14-4/h9H,5-6,11H2,1-4H3. The summed E-state index contributed by atoms with van der Waals surface area (Å²) in [6.45, 7) is 4.81. The van der Waals surface area contributed by atoms with E-state index in [0.29, 0.717) is 13.2 Å². The van der Waals surface area contributed by atoms with Gasteiger partial charge in [0.2, 0.25) is 0 Å². The summed E-state index contributed by atoms with van der Waals surface area (Å²) < 4.78 is 12.6. The second kappa shape index (κ2) is 5.14.